The zero-order chi connectivity index (χ0) is 11.0. The molecule has 1 aliphatic heterocycles. The fourth-order valence-corrected chi connectivity index (χ4v) is 1.85. The largest absolute Gasteiger partial charge is 0.481 e. The topological polar surface area (TPSA) is 66.4 Å². The van der Waals surface area contributed by atoms with Gasteiger partial charge >= 0.3 is 5.97 Å². The number of rotatable bonds is 2. The van der Waals surface area contributed by atoms with Gasteiger partial charge in [0.1, 0.15) is 0 Å². The van der Waals surface area contributed by atoms with Crippen molar-refractivity contribution < 1.29 is 14.7 Å². The van der Waals surface area contributed by atoms with Crippen LogP contribution in [0.25, 0.3) is 0 Å². The van der Waals surface area contributed by atoms with E-state index in [-0.39, 0.29) is 12.3 Å². The number of carboxylic acid groups (broad SMARTS) is 1. The Bertz CT molecular complexity index is 444. The summed E-state index contributed by atoms with van der Waals surface area (Å²) in [6.07, 6.45) is -0.111. The molecule has 1 aromatic rings. The first-order valence-electron chi connectivity index (χ1n) is 4.40. The van der Waals surface area contributed by atoms with Gasteiger partial charge in [-0.05, 0) is 17.7 Å². The minimum atomic E-state index is -0.942. The molecular formula is C10H8ClNO3. The highest BCUT2D eigenvalue weighted by Gasteiger charge is 2.29. The molecule has 0 spiro atoms. The second-order valence-corrected chi connectivity index (χ2v) is 3.79. The number of hydrogen-bond acceptors (Lipinski definition) is 2. The van der Waals surface area contributed by atoms with E-state index in [1.165, 1.54) is 0 Å². The van der Waals surface area contributed by atoms with Gasteiger partial charge in [0.05, 0.1) is 12.5 Å². The Morgan fingerprint density at radius 2 is 2.27 bits per heavy atom. The maximum absolute atomic E-state index is 11.4. The Morgan fingerprint density at radius 1 is 1.53 bits per heavy atom. The smallest absolute Gasteiger partial charge is 0.305 e. The number of nitrogens with one attached hydrogen (secondary N) is 1. The molecule has 78 valence electrons. The van der Waals surface area contributed by atoms with E-state index in [9.17, 15) is 9.59 Å². The number of halogens is 1. The lowest BCUT2D eigenvalue weighted by Gasteiger charge is -2.07. The van der Waals surface area contributed by atoms with E-state index < -0.39 is 12.0 Å². The monoisotopic (exact) mass is 225 g/mol. The summed E-state index contributed by atoms with van der Waals surface area (Å²) >= 11 is 5.75. The van der Waals surface area contributed by atoms with Crippen molar-refractivity contribution in [3.63, 3.8) is 0 Å². The highest BCUT2D eigenvalue weighted by molar-refractivity contribution is 6.31. The fraction of sp³-hybridized carbons (Fsp3) is 0.200. The number of benzene rings is 1. The molecule has 1 aliphatic rings. The third-order valence-corrected chi connectivity index (χ3v) is 2.55. The van der Waals surface area contributed by atoms with Crippen LogP contribution in [0.5, 0.6) is 0 Å². The Balaban J connectivity index is 2.38. The predicted octanol–water partition coefficient (Wildman–Crippen LogP) is 1.60. The molecule has 1 aromatic carbocycles. The van der Waals surface area contributed by atoms with Gasteiger partial charge in [0.15, 0.2) is 0 Å². The van der Waals surface area contributed by atoms with Crippen LogP contribution in [0, 0.1) is 0 Å². The summed E-state index contributed by atoms with van der Waals surface area (Å²) in [5, 5.41) is 11.7. The Kier molecular flexibility index (Phi) is 2.36. The van der Waals surface area contributed by atoms with Gasteiger partial charge in [-0.15, -0.1) is 0 Å². The molecule has 0 fully saturated rings. The molecule has 0 bridgehead atoms. The van der Waals surface area contributed by atoms with E-state index in [1.54, 1.807) is 18.2 Å². The number of hydrogen-bond donors (Lipinski definition) is 2. The van der Waals surface area contributed by atoms with E-state index >= 15 is 0 Å². The number of carbonyl (C=O) groups is 2. The van der Waals surface area contributed by atoms with Crippen molar-refractivity contribution in [3.8, 4) is 0 Å². The van der Waals surface area contributed by atoms with Crippen LogP contribution in [-0.4, -0.2) is 17.0 Å². The Morgan fingerprint density at radius 3 is 2.93 bits per heavy atom. The highest BCUT2D eigenvalue weighted by Crippen LogP contribution is 2.29. The molecule has 0 radical (unpaired) electrons. The average molecular weight is 226 g/mol. The summed E-state index contributed by atoms with van der Waals surface area (Å²) in [6.45, 7) is 0. The molecule has 4 nitrogen and oxygen atoms in total. The zero-order valence-electron chi connectivity index (χ0n) is 7.66. The maximum Gasteiger partial charge on any atom is 0.305 e. The van der Waals surface area contributed by atoms with Crippen LogP contribution >= 0.6 is 11.6 Å². The van der Waals surface area contributed by atoms with Crippen LogP contribution in [0.2, 0.25) is 5.02 Å². The van der Waals surface area contributed by atoms with Crippen molar-refractivity contribution in [1.82, 2.24) is 5.32 Å². The summed E-state index contributed by atoms with van der Waals surface area (Å²) in [6, 6.07) is 4.44. The van der Waals surface area contributed by atoms with Crippen molar-refractivity contribution in [2.45, 2.75) is 12.5 Å². The lowest BCUT2D eigenvalue weighted by atomic mass is 10.0. The molecule has 0 saturated carbocycles. The van der Waals surface area contributed by atoms with E-state index in [4.69, 9.17) is 16.7 Å². The van der Waals surface area contributed by atoms with Crippen LogP contribution in [0.4, 0.5) is 0 Å². The molecule has 1 unspecified atom stereocenters. The lowest BCUT2D eigenvalue weighted by molar-refractivity contribution is -0.137. The van der Waals surface area contributed by atoms with E-state index in [0.717, 1.165) is 0 Å². The van der Waals surface area contributed by atoms with Crippen LogP contribution in [0.3, 0.4) is 0 Å². The van der Waals surface area contributed by atoms with Crippen molar-refractivity contribution in [1.29, 1.82) is 0 Å². The third kappa shape index (κ3) is 1.80. The number of carbonyl (C=O) groups excluding carboxylic acids is 1. The van der Waals surface area contributed by atoms with Crippen molar-refractivity contribution in [3.05, 3.63) is 34.3 Å². The molecule has 0 aliphatic carbocycles. The molecule has 2 N–H and O–H groups in total. The minimum absolute atomic E-state index is 0.111. The molecule has 5 heteroatoms. The zero-order valence-corrected chi connectivity index (χ0v) is 8.41. The first kappa shape index (κ1) is 9.98. The molecule has 15 heavy (non-hydrogen) atoms. The van der Waals surface area contributed by atoms with Crippen LogP contribution in [0.1, 0.15) is 28.4 Å². The SMILES string of the molecule is O=C(O)CC1NC(=O)c2cc(Cl)ccc21. The fourth-order valence-electron chi connectivity index (χ4n) is 1.68. The molecular weight excluding hydrogens is 218 g/mol. The summed E-state index contributed by atoms with van der Waals surface area (Å²) in [5.41, 5.74) is 1.17. The van der Waals surface area contributed by atoms with Gasteiger partial charge in [0.2, 0.25) is 0 Å². The molecule has 1 heterocycles. The Labute approximate surface area is 90.9 Å². The van der Waals surface area contributed by atoms with Crippen molar-refractivity contribution >= 4 is 23.5 Å². The van der Waals surface area contributed by atoms with Crippen LogP contribution < -0.4 is 5.32 Å². The van der Waals surface area contributed by atoms with Gasteiger partial charge in [-0.1, -0.05) is 17.7 Å². The summed E-state index contributed by atoms with van der Waals surface area (Å²) in [7, 11) is 0. The number of fused-ring (bicyclic) bond motifs is 1. The van der Waals surface area contributed by atoms with Crippen molar-refractivity contribution in [2.75, 3.05) is 0 Å². The lowest BCUT2D eigenvalue weighted by Crippen LogP contribution is -2.21. The van der Waals surface area contributed by atoms with E-state index in [2.05, 4.69) is 5.32 Å². The van der Waals surface area contributed by atoms with Crippen LogP contribution in [0.15, 0.2) is 18.2 Å². The molecule has 2 rings (SSSR count). The first-order valence-corrected chi connectivity index (χ1v) is 4.78. The number of aliphatic carboxylic acids is 1. The second-order valence-electron chi connectivity index (χ2n) is 3.36. The van der Waals surface area contributed by atoms with E-state index in [1.807, 2.05) is 0 Å². The van der Waals surface area contributed by atoms with Gasteiger partial charge in [0, 0.05) is 10.6 Å². The van der Waals surface area contributed by atoms with Gasteiger partial charge in [-0.25, -0.2) is 0 Å². The normalized spacial score (nSPS) is 18.5. The Hall–Kier alpha value is -1.55. The minimum Gasteiger partial charge on any atom is -0.481 e. The molecule has 0 saturated heterocycles. The standard InChI is InChI=1S/C10H8ClNO3/c11-5-1-2-6-7(3-5)10(15)12-8(6)4-9(13)14/h1-3,8H,4H2,(H,12,15)(H,13,14). The highest BCUT2D eigenvalue weighted by atomic mass is 35.5. The molecule has 0 aromatic heterocycles. The molecule has 1 amide bonds. The number of amides is 1. The number of carboxylic acids is 1. The van der Waals surface area contributed by atoms with Gasteiger partial charge in [-0.3, -0.25) is 9.59 Å². The quantitative estimate of drug-likeness (QED) is 0.804. The summed E-state index contributed by atoms with van der Waals surface area (Å²) < 4.78 is 0. The van der Waals surface area contributed by atoms with Gasteiger partial charge < -0.3 is 10.4 Å². The average Bonchev–Trinajstić information content (AvgIpc) is 2.42. The van der Waals surface area contributed by atoms with Crippen LogP contribution in [-0.2, 0) is 4.79 Å². The maximum atomic E-state index is 11.4. The van der Waals surface area contributed by atoms with E-state index in [0.29, 0.717) is 16.1 Å². The first-order chi connectivity index (χ1) is 7.08. The van der Waals surface area contributed by atoms with Gasteiger partial charge in [-0.2, -0.15) is 0 Å². The predicted molar refractivity (Wildman–Crippen MR) is 53.9 cm³/mol. The van der Waals surface area contributed by atoms with Crippen molar-refractivity contribution in [2.24, 2.45) is 0 Å². The van der Waals surface area contributed by atoms with Gasteiger partial charge in [0.25, 0.3) is 5.91 Å². The summed E-state index contributed by atoms with van der Waals surface area (Å²) in [5.74, 6) is -1.21. The molecule has 1 atom stereocenters. The third-order valence-electron chi connectivity index (χ3n) is 2.32. The second kappa shape index (κ2) is 3.55. The summed E-state index contributed by atoms with van der Waals surface area (Å²) in [4.78, 5) is 22.0.